The first-order valence-electron chi connectivity index (χ1n) is 15.0. The normalized spacial score (nSPS) is 16.8. The van der Waals surface area contributed by atoms with Crippen LogP contribution < -0.4 is 5.73 Å². The predicted octanol–water partition coefficient (Wildman–Crippen LogP) is 5.96. The minimum atomic E-state index is -0.374. The van der Waals surface area contributed by atoms with Crippen molar-refractivity contribution in [1.29, 1.82) is 0 Å². The van der Waals surface area contributed by atoms with Gasteiger partial charge in [0, 0.05) is 43.7 Å². The maximum Gasteiger partial charge on any atom is 0.248 e. The summed E-state index contributed by atoms with van der Waals surface area (Å²) in [5.74, 6) is 0.601. The molecule has 2 aliphatic rings. The number of rotatable bonds is 10. The first-order chi connectivity index (χ1) is 19.4. The lowest BCUT2D eigenvalue weighted by Crippen LogP contribution is -2.33. The molecule has 1 fully saturated rings. The Morgan fingerprint density at radius 2 is 1.55 bits per heavy atom. The Bertz CT molecular complexity index is 1330. The number of Topliss-reactive ketones (excluding diaryl/α,β-unsaturated/α-hetero) is 1. The third-order valence-corrected chi connectivity index (χ3v) is 8.92. The molecule has 0 atom stereocenters. The van der Waals surface area contributed by atoms with Gasteiger partial charge in [0.2, 0.25) is 5.91 Å². The number of likely N-dealkylation sites (tertiary alicyclic amines) is 1. The molecule has 2 N–H and O–H groups in total. The summed E-state index contributed by atoms with van der Waals surface area (Å²) in [6.45, 7) is 8.26. The Hall–Kier alpha value is -3.28. The average Bonchev–Trinajstić information content (AvgIpc) is 3.17. The Balaban J connectivity index is 1.05. The molecule has 0 bridgehead atoms. The van der Waals surface area contributed by atoms with Gasteiger partial charge in [0.25, 0.3) is 0 Å². The van der Waals surface area contributed by atoms with Crippen LogP contribution in [0.2, 0.25) is 0 Å². The second kappa shape index (κ2) is 13.4. The van der Waals surface area contributed by atoms with E-state index in [0.717, 1.165) is 76.1 Å². The van der Waals surface area contributed by atoms with Crippen LogP contribution in [0.1, 0.15) is 80.6 Å². The van der Waals surface area contributed by atoms with Gasteiger partial charge in [-0.15, -0.1) is 0 Å². The third kappa shape index (κ3) is 7.47. The lowest BCUT2D eigenvalue weighted by molar-refractivity contribution is 0.0972. The van der Waals surface area contributed by atoms with Gasteiger partial charge in [0.05, 0.1) is 0 Å². The van der Waals surface area contributed by atoms with Crippen molar-refractivity contribution >= 4 is 11.7 Å². The van der Waals surface area contributed by atoms with E-state index in [4.69, 9.17) is 5.73 Å². The highest BCUT2D eigenvalue weighted by Crippen LogP contribution is 2.25. The molecule has 0 aromatic heterocycles. The number of ketones is 1. The quantitative estimate of drug-likeness (QED) is 0.324. The number of carbonyl (C=O) groups is 2. The molecule has 0 saturated carbocycles. The number of amides is 1. The second-order valence-corrected chi connectivity index (χ2v) is 11.8. The molecule has 5 rings (SSSR count). The summed E-state index contributed by atoms with van der Waals surface area (Å²) in [6, 6.07) is 22.8. The summed E-state index contributed by atoms with van der Waals surface area (Å²) in [5.41, 5.74) is 13.5. The fourth-order valence-electron chi connectivity index (χ4n) is 6.34. The molecule has 0 unspecified atom stereocenters. The van der Waals surface area contributed by atoms with Crippen LogP contribution in [-0.4, -0.2) is 47.7 Å². The van der Waals surface area contributed by atoms with E-state index in [-0.39, 0.29) is 11.7 Å². The van der Waals surface area contributed by atoms with E-state index in [1.165, 1.54) is 35.1 Å². The van der Waals surface area contributed by atoms with Crippen molar-refractivity contribution in [3.8, 4) is 0 Å². The molecule has 3 aromatic carbocycles. The summed E-state index contributed by atoms with van der Waals surface area (Å²) >= 11 is 0. The van der Waals surface area contributed by atoms with E-state index in [1.54, 1.807) is 6.07 Å². The first kappa shape index (κ1) is 28.3. The highest BCUT2D eigenvalue weighted by molar-refractivity contribution is 5.96. The number of hydrogen-bond donors (Lipinski definition) is 1. The zero-order chi connectivity index (χ0) is 27.9. The monoisotopic (exact) mass is 537 g/mol. The van der Waals surface area contributed by atoms with Crippen molar-refractivity contribution in [2.75, 3.05) is 26.2 Å². The minimum Gasteiger partial charge on any atom is -0.366 e. The number of nitrogens with zero attached hydrogens (tertiary/aromatic N) is 2. The molecular weight excluding hydrogens is 494 g/mol. The second-order valence-electron chi connectivity index (χ2n) is 11.8. The number of nitrogens with two attached hydrogens (primary N) is 1. The number of benzene rings is 3. The fourth-order valence-corrected chi connectivity index (χ4v) is 6.34. The van der Waals surface area contributed by atoms with Gasteiger partial charge < -0.3 is 5.73 Å². The minimum absolute atomic E-state index is 0.288. The standard InChI is InChI=1S/C35H43N3O2/c1-26-6-2-3-9-33(26)25-38-20-16-29-12-13-31(23-30(29)17-21-38)34(39)11-5-7-27-14-18-37(19-15-27)24-28-8-4-10-32(22-28)35(36)40/h2-4,6,8-10,12-13,22-23,27H,5,7,11,14-21,24-25H2,1H3,(H2,36,40). The third-order valence-electron chi connectivity index (χ3n) is 8.92. The van der Waals surface area contributed by atoms with Gasteiger partial charge in [-0.3, -0.25) is 19.4 Å². The van der Waals surface area contributed by atoms with Crippen LogP contribution in [0, 0.1) is 12.8 Å². The highest BCUT2D eigenvalue weighted by Gasteiger charge is 2.21. The van der Waals surface area contributed by atoms with E-state index in [2.05, 4.69) is 65.3 Å². The molecule has 2 aliphatic heterocycles. The summed E-state index contributed by atoms with van der Waals surface area (Å²) in [6.07, 6.45) is 7.11. The molecule has 210 valence electrons. The zero-order valence-electron chi connectivity index (χ0n) is 23.9. The molecule has 3 aromatic rings. The van der Waals surface area contributed by atoms with Crippen molar-refractivity contribution in [2.24, 2.45) is 11.7 Å². The van der Waals surface area contributed by atoms with Crippen LogP contribution in [-0.2, 0) is 25.9 Å². The highest BCUT2D eigenvalue weighted by atomic mass is 16.1. The Morgan fingerprint density at radius 3 is 2.33 bits per heavy atom. The van der Waals surface area contributed by atoms with E-state index in [0.29, 0.717) is 17.9 Å². The lowest BCUT2D eigenvalue weighted by atomic mass is 9.90. The van der Waals surface area contributed by atoms with Gasteiger partial charge in [-0.25, -0.2) is 0 Å². The van der Waals surface area contributed by atoms with Crippen molar-refractivity contribution < 1.29 is 9.59 Å². The molecule has 2 heterocycles. The first-order valence-corrected chi connectivity index (χ1v) is 15.0. The Morgan fingerprint density at radius 1 is 0.800 bits per heavy atom. The smallest absolute Gasteiger partial charge is 0.248 e. The maximum atomic E-state index is 13.1. The number of aryl methyl sites for hydroxylation is 1. The predicted molar refractivity (Wildman–Crippen MR) is 161 cm³/mol. The van der Waals surface area contributed by atoms with Crippen molar-refractivity contribution in [3.05, 3.63) is 106 Å². The molecule has 5 heteroatoms. The van der Waals surface area contributed by atoms with Crippen LogP contribution in [0.4, 0.5) is 0 Å². The molecule has 5 nitrogen and oxygen atoms in total. The average molecular weight is 538 g/mol. The van der Waals surface area contributed by atoms with Crippen molar-refractivity contribution in [3.63, 3.8) is 0 Å². The van der Waals surface area contributed by atoms with Crippen LogP contribution in [0.15, 0.2) is 66.7 Å². The van der Waals surface area contributed by atoms with Crippen LogP contribution in [0.3, 0.4) is 0 Å². The summed E-state index contributed by atoms with van der Waals surface area (Å²) < 4.78 is 0. The summed E-state index contributed by atoms with van der Waals surface area (Å²) in [5, 5.41) is 0. The molecule has 40 heavy (non-hydrogen) atoms. The maximum absolute atomic E-state index is 13.1. The molecule has 1 amide bonds. The molecule has 1 saturated heterocycles. The van der Waals surface area contributed by atoms with E-state index in [9.17, 15) is 9.59 Å². The zero-order valence-corrected chi connectivity index (χ0v) is 23.9. The molecule has 0 spiro atoms. The lowest BCUT2D eigenvalue weighted by Gasteiger charge is -2.32. The Kier molecular flexibility index (Phi) is 9.45. The van der Waals surface area contributed by atoms with Crippen LogP contribution in [0.5, 0.6) is 0 Å². The number of carbonyl (C=O) groups excluding carboxylic acids is 2. The van der Waals surface area contributed by atoms with Gasteiger partial charge >= 0.3 is 0 Å². The van der Waals surface area contributed by atoms with Crippen LogP contribution in [0.25, 0.3) is 0 Å². The topological polar surface area (TPSA) is 66.6 Å². The van der Waals surface area contributed by atoms with Crippen molar-refractivity contribution in [2.45, 2.75) is 65.0 Å². The number of primary amides is 1. The van der Waals surface area contributed by atoms with Gasteiger partial charge in [0.1, 0.15) is 0 Å². The summed E-state index contributed by atoms with van der Waals surface area (Å²) in [4.78, 5) is 29.6. The number of hydrogen-bond acceptors (Lipinski definition) is 4. The van der Waals surface area contributed by atoms with Crippen LogP contribution >= 0.6 is 0 Å². The fraction of sp³-hybridized carbons (Fsp3) is 0.429. The number of fused-ring (bicyclic) bond motifs is 1. The van der Waals surface area contributed by atoms with E-state index >= 15 is 0 Å². The van der Waals surface area contributed by atoms with Gasteiger partial charge in [-0.2, -0.15) is 0 Å². The Labute approximate surface area is 239 Å². The summed E-state index contributed by atoms with van der Waals surface area (Å²) in [7, 11) is 0. The van der Waals surface area contributed by atoms with E-state index < -0.39 is 0 Å². The van der Waals surface area contributed by atoms with Gasteiger partial charge in [0.15, 0.2) is 5.78 Å². The number of piperidine rings is 1. The molecule has 0 radical (unpaired) electrons. The van der Waals surface area contributed by atoms with E-state index in [1.807, 2.05) is 12.1 Å². The molecule has 0 aliphatic carbocycles. The SMILES string of the molecule is Cc1ccccc1CN1CCc2ccc(C(=O)CCCC3CCN(Cc4cccc(C(N)=O)c4)CC3)cc2CC1. The molecular formula is C35H43N3O2. The van der Waals surface area contributed by atoms with Gasteiger partial charge in [-0.1, -0.05) is 48.5 Å². The van der Waals surface area contributed by atoms with Crippen molar-refractivity contribution in [1.82, 2.24) is 9.80 Å². The van der Waals surface area contributed by atoms with Gasteiger partial charge in [-0.05, 0) is 110 Å². The largest absolute Gasteiger partial charge is 0.366 e.